The fraction of sp³-hybridized carbons (Fsp3) is 0.353. The summed E-state index contributed by atoms with van der Waals surface area (Å²) in [6, 6.07) is 9.08. The van der Waals surface area contributed by atoms with Crippen molar-refractivity contribution < 1.29 is 8.42 Å². The van der Waals surface area contributed by atoms with Crippen LogP contribution in [0.4, 0.5) is 0 Å². The Balaban J connectivity index is 2.11. The number of hydrogen-bond donors (Lipinski definition) is 3. The summed E-state index contributed by atoms with van der Waals surface area (Å²) in [5.74, 6) is -0.226. The molecule has 9 heteroatoms. The molecule has 0 amide bonds. The van der Waals surface area contributed by atoms with Crippen LogP contribution in [0.15, 0.2) is 52.8 Å². The Kier molecular flexibility index (Phi) is 6.69. The molecule has 5 N–H and O–H groups in total. The van der Waals surface area contributed by atoms with E-state index in [9.17, 15) is 8.42 Å². The normalized spacial score (nSPS) is 17.8. The number of sulfonamides is 1. The average Bonchev–Trinajstić information content (AvgIpc) is 2.61. The third-order valence-electron chi connectivity index (χ3n) is 4.17. The van der Waals surface area contributed by atoms with Gasteiger partial charge in [-0.15, -0.1) is 0 Å². The largest absolute Gasteiger partial charge is 0.398 e. The van der Waals surface area contributed by atoms with Crippen LogP contribution in [0.5, 0.6) is 0 Å². The Morgan fingerprint density at radius 3 is 2.27 bits per heavy atom. The summed E-state index contributed by atoms with van der Waals surface area (Å²) in [5, 5.41) is 8.00. The van der Waals surface area contributed by atoms with Crippen molar-refractivity contribution in [1.82, 2.24) is 9.21 Å². The highest BCUT2D eigenvalue weighted by molar-refractivity contribution is 7.88. The van der Waals surface area contributed by atoms with E-state index in [2.05, 4.69) is 0 Å². The SMILES string of the molecule is C/C=C(N)\C(Cl)=C(/C(=N)N)N1CCN(S(=O)(=O)Cc2ccccc2)CC1. The van der Waals surface area contributed by atoms with Crippen LogP contribution < -0.4 is 11.5 Å². The van der Waals surface area contributed by atoms with Crippen LogP contribution in [0.3, 0.4) is 0 Å². The van der Waals surface area contributed by atoms with Gasteiger partial charge in [-0.05, 0) is 12.5 Å². The van der Waals surface area contributed by atoms with Crippen LogP contribution in [0.2, 0.25) is 0 Å². The van der Waals surface area contributed by atoms with E-state index in [1.165, 1.54) is 4.31 Å². The van der Waals surface area contributed by atoms with Crippen LogP contribution >= 0.6 is 11.6 Å². The monoisotopic (exact) mass is 397 g/mol. The van der Waals surface area contributed by atoms with Crippen molar-refractivity contribution in [2.75, 3.05) is 26.2 Å². The van der Waals surface area contributed by atoms with Gasteiger partial charge in [0.05, 0.1) is 16.5 Å². The Morgan fingerprint density at radius 1 is 1.19 bits per heavy atom. The highest BCUT2D eigenvalue weighted by Gasteiger charge is 2.29. The molecular formula is C17H24ClN5O2S. The number of allylic oxidation sites excluding steroid dienone is 2. The zero-order chi connectivity index (χ0) is 19.3. The number of piperazine rings is 1. The maximum atomic E-state index is 12.6. The third-order valence-corrected chi connectivity index (χ3v) is 6.41. The second-order valence-electron chi connectivity index (χ2n) is 5.95. The van der Waals surface area contributed by atoms with E-state index in [1.54, 1.807) is 30.0 Å². The van der Waals surface area contributed by atoms with Gasteiger partial charge in [0.2, 0.25) is 10.0 Å². The summed E-state index contributed by atoms with van der Waals surface area (Å²) in [6.07, 6.45) is 1.63. The Bertz CT molecular complexity index is 813. The Hall–Kier alpha value is -2.03. The smallest absolute Gasteiger partial charge is 0.218 e. The molecule has 26 heavy (non-hydrogen) atoms. The van der Waals surface area contributed by atoms with Gasteiger partial charge in [0, 0.05) is 31.9 Å². The first-order valence-corrected chi connectivity index (χ1v) is 10.2. The van der Waals surface area contributed by atoms with E-state index in [-0.39, 0.29) is 16.6 Å². The number of halogens is 1. The summed E-state index contributed by atoms with van der Waals surface area (Å²) in [7, 11) is -3.41. The number of benzene rings is 1. The van der Waals surface area contributed by atoms with Crippen molar-refractivity contribution in [2.45, 2.75) is 12.7 Å². The molecule has 7 nitrogen and oxygen atoms in total. The number of amidine groups is 1. The van der Waals surface area contributed by atoms with Crippen LogP contribution in [0, 0.1) is 5.41 Å². The molecule has 0 saturated carbocycles. The summed E-state index contributed by atoms with van der Waals surface area (Å²) in [5.41, 5.74) is 12.9. The minimum absolute atomic E-state index is 0.0322. The molecule has 0 bridgehead atoms. The minimum Gasteiger partial charge on any atom is -0.398 e. The van der Waals surface area contributed by atoms with Crippen molar-refractivity contribution in [1.29, 1.82) is 5.41 Å². The summed E-state index contributed by atoms with van der Waals surface area (Å²) in [4.78, 5) is 1.80. The van der Waals surface area contributed by atoms with Crippen molar-refractivity contribution in [3.8, 4) is 0 Å². The molecule has 0 spiro atoms. The van der Waals surface area contributed by atoms with E-state index >= 15 is 0 Å². The second kappa shape index (κ2) is 8.57. The van der Waals surface area contributed by atoms with Crippen LogP contribution in [-0.4, -0.2) is 49.6 Å². The van der Waals surface area contributed by atoms with Gasteiger partial charge in [0.15, 0.2) is 0 Å². The third kappa shape index (κ3) is 4.78. The molecule has 0 unspecified atom stereocenters. The van der Waals surface area contributed by atoms with E-state index < -0.39 is 10.0 Å². The molecule has 1 aromatic rings. The predicted molar refractivity (Wildman–Crippen MR) is 105 cm³/mol. The molecular weight excluding hydrogens is 374 g/mol. The van der Waals surface area contributed by atoms with Crippen LogP contribution in [0.25, 0.3) is 0 Å². The van der Waals surface area contributed by atoms with Gasteiger partial charge in [-0.1, -0.05) is 48.0 Å². The van der Waals surface area contributed by atoms with Crippen LogP contribution in [0.1, 0.15) is 12.5 Å². The van der Waals surface area contributed by atoms with Crippen molar-refractivity contribution >= 4 is 27.5 Å². The fourth-order valence-corrected chi connectivity index (χ4v) is 4.60. The lowest BCUT2D eigenvalue weighted by molar-refractivity contribution is 0.236. The predicted octanol–water partition coefficient (Wildman–Crippen LogP) is 1.38. The molecule has 1 heterocycles. The van der Waals surface area contributed by atoms with Gasteiger partial charge in [0.25, 0.3) is 0 Å². The minimum atomic E-state index is -3.41. The van der Waals surface area contributed by atoms with Crippen molar-refractivity contribution in [3.05, 3.63) is 58.4 Å². The number of nitrogens with one attached hydrogen (secondary N) is 1. The Morgan fingerprint density at radius 2 is 1.77 bits per heavy atom. The number of nitrogens with zero attached hydrogens (tertiary/aromatic N) is 2. The van der Waals surface area contributed by atoms with E-state index in [1.807, 2.05) is 18.2 Å². The van der Waals surface area contributed by atoms with Crippen LogP contribution in [-0.2, 0) is 15.8 Å². The van der Waals surface area contributed by atoms with Gasteiger partial charge in [-0.25, -0.2) is 8.42 Å². The summed E-state index contributed by atoms with van der Waals surface area (Å²) >= 11 is 6.25. The molecule has 1 saturated heterocycles. The van der Waals surface area contributed by atoms with E-state index in [0.717, 1.165) is 5.56 Å². The Labute approximate surface area is 159 Å². The number of hydrogen-bond acceptors (Lipinski definition) is 5. The van der Waals surface area contributed by atoms with E-state index in [0.29, 0.717) is 37.6 Å². The lowest BCUT2D eigenvalue weighted by Crippen LogP contribution is -2.50. The first-order chi connectivity index (χ1) is 12.3. The van der Waals surface area contributed by atoms with Gasteiger partial charge in [0.1, 0.15) is 5.84 Å². The molecule has 1 aliphatic rings. The molecule has 142 valence electrons. The highest BCUT2D eigenvalue weighted by atomic mass is 35.5. The van der Waals surface area contributed by atoms with Gasteiger partial charge < -0.3 is 16.4 Å². The lowest BCUT2D eigenvalue weighted by Gasteiger charge is -2.36. The molecule has 0 aliphatic carbocycles. The van der Waals surface area contributed by atoms with Gasteiger partial charge in [-0.2, -0.15) is 4.31 Å². The first-order valence-electron chi connectivity index (χ1n) is 8.19. The van der Waals surface area contributed by atoms with Crippen molar-refractivity contribution in [3.63, 3.8) is 0 Å². The maximum absolute atomic E-state index is 12.6. The fourth-order valence-electron chi connectivity index (χ4n) is 2.76. The molecule has 2 rings (SSSR count). The van der Waals surface area contributed by atoms with Gasteiger partial charge in [-0.3, -0.25) is 5.41 Å². The molecule has 1 fully saturated rings. The average molecular weight is 398 g/mol. The highest BCUT2D eigenvalue weighted by Crippen LogP contribution is 2.22. The summed E-state index contributed by atoms with van der Waals surface area (Å²) in [6.45, 7) is 3.10. The molecule has 1 aliphatic heterocycles. The zero-order valence-corrected chi connectivity index (χ0v) is 16.2. The topological polar surface area (TPSA) is 117 Å². The number of rotatable bonds is 6. The molecule has 1 aromatic carbocycles. The molecule has 0 aromatic heterocycles. The first kappa shape index (κ1) is 20.3. The zero-order valence-electron chi connectivity index (χ0n) is 14.7. The summed E-state index contributed by atoms with van der Waals surface area (Å²) < 4.78 is 26.7. The van der Waals surface area contributed by atoms with Gasteiger partial charge >= 0.3 is 0 Å². The maximum Gasteiger partial charge on any atom is 0.218 e. The molecule has 0 radical (unpaired) electrons. The lowest BCUT2D eigenvalue weighted by atomic mass is 10.2. The second-order valence-corrected chi connectivity index (χ2v) is 8.30. The number of nitrogens with two attached hydrogens (primary N) is 2. The molecule has 0 atom stereocenters. The standard InChI is InChI=1S/C17H24ClN5O2S/c1-2-14(19)15(18)16(17(20)21)22-8-10-23(11-9-22)26(24,25)12-13-6-4-3-5-7-13/h2-7H,8-12,19H2,1H3,(H3,20,21)/b14-2+,16-15-. The van der Waals surface area contributed by atoms with E-state index in [4.69, 9.17) is 28.5 Å². The quantitative estimate of drug-likeness (QED) is 0.381. The van der Waals surface area contributed by atoms with Crippen molar-refractivity contribution in [2.24, 2.45) is 11.5 Å².